The minimum Gasteiger partial charge on any atom is -0.490 e. The molecule has 2 amide bonds. The Hall–Kier alpha value is -4.95. The first-order valence-electron chi connectivity index (χ1n) is 13.0. The molecule has 1 aromatic heterocycles. The van der Waals surface area contributed by atoms with Crippen molar-refractivity contribution in [2.75, 3.05) is 47.0 Å². The molecule has 0 bridgehead atoms. The maximum absolute atomic E-state index is 14.3. The lowest BCUT2D eigenvalue weighted by Crippen LogP contribution is -2.47. The van der Waals surface area contributed by atoms with Gasteiger partial charge in [0.2, 0.25) is 11.5 Å². The third-order valence-electron chi connectivity index (χ3n) is 6.49. The molecule has 13 nitrogen and oxygen atoms in total. The Bertz CT molecular complexity index is 1530. The number of carbonyl (C=O) groups excluding carboxylic acids is 2. The number of nitrogens with two attached hydrogens (primary N) is 2. The van der Waals surface area contributed by atoms with Crippen molar-refractivity contribution in [2.24, 2.45) is 16.8 Å². The number of H-pyrrole nitrogens is 1. The zero-order valence-corrected chi connectivity index (χ0v) is 23.1. The second-order valence-electron chi connectivity index (χ2n) is 9.37. The molecule has 222 valence electrons. The Labute approximate surface area is 240 Å². The highest BCUT2D eigenvalue weighted by atomic mass is 19.1. The Kier molecular flexibility index (Phi) is 9.73. The Morgan fingerprint density at radius 2 is 2.02 bits per heavy atom. The number of aromatic nitrogens is 1. The quantitative estimate of drug-likeness (QED) is 0.0940. The standard InChI is InChI=1S/C28H32FN7O6/c1-32-27(38)22-13-17(21-7-9-25(37)33-26(21)29)6-8-23(22)42-15-20-14-36(10-11-40-20)28(39)18-4-3-5-19(12-18)41-16-24(34-30)35(2)31/h3-9,12-13,20H,10-11,14-16,30-31H2,1-2H3,(H,32,38)(H,33,37)/b34-24-. The molecule has 4 rings (SSSR count). The zero-order valence-electron chi connectivity index (χ0n) is 23.1. The van der Waals surface area contributed by atoms with E-state index in [1.807, 2.05) is 0 Å². The lowest BCUT2D eigenvalue weighted by atomic mass is 10.0. The van der Waals surface area contributed by atoms with Crippen LogP contribution in [0.15, 0.2) is 64.5 Å². The smallest absolute Gasteiger partial charge is 0.254 e. The number of hydrazone groups is 1. The van der Waals surface area contributed by atoms with Gasteiger partial charge in [0.25, 0.3) is 11.8 Å². The molecule has 1 aliphatic rings. The number of ether oxygens (including phenoxy) is 3. The van der Waals surface area contributed by atoms with Gasteiger partial charge in [0.05, 0.1) is 18.7 Å². The molecule has 2 aromatic carbocycles. The number of aromatic amines is 1. The number of morpholine rings is 1. The number of halogens is 1. The maximum Gasteiger partial charge on any atom is 0.254 e. The van der Waals surface area contributed by atoms with Crippen LogP contribution in [0.3, 0.4) is 0 Å². The first kappa shape index (κ1) is 30.0. The fraction of sp³-hybridized carbons (Fsp3) is 0.286. The fourth-order valence-electron chi connectivity index (χ4n) is 4.27. The van der Waals surface area contributed by atoms with Gasteiger partial charge in [0.1, 0.15) is 30.8 Å². The maximum atomic E-state index is 14.3. The van der Waals surface area contributed by atoms with Crippen molar-refractivity contribution in [3.8, 4) is 22.6 Å². The Morgan fingerprint density at radius 1 is 1.21 bits per heavy atom. The van der Waals surface area contributed by atoms with E-state index in [9.17, 15) is 18.8 Å². The average Bonchev–Trinajstić information content (AvgIpc) is 2.99. The van der Waals surface area contributed by atoms with Gasteiger partial charge >= 0.3 is 0 Å². The van der Waals surface area contributed by atoms with E-state index < -0.39 is 23.5 Å². The fourth-order valence-corrected chi connectivity index (χ4v) is 4.27. The molecule has 6 N–H and O–H groups in total. The minimum atomic E-state index is -0.811. The van der Waals surface area contributed by atoms with E-state index in [1.54, 1.807) is 48.3 Å². The molecule has 1 saturated heterocycles. The van der Waals surface area contributed by atoms with Gasteiger partial charge in [-0.15, -0.1) is 0 Å². The van der Waals surface area contributed by atoms with Gasteiger partial charge in [0.15, 0.2) is 5.84 Å². The zero-order chi connectivity index (χ0) is 30.2. The molecule has 1 fully saturated rings. The average molecular weight is 582 g/mol. The van der Waals surface area contributed by atoms with Gasteiger partial charge in [-0.1, -0.05) is 12.1 Å². The number of pyridine rings is 1. The summed E-state index contributed by atoms with van der Waals surface area (Å²) in [6, 6.07) is 13.9. The summed E-state index contributed by atoms with van der Waals surface area (Å²) in [6.45, 7) is 1.00. The lowest BCUT2D eigenvalue weighted by Gasteiger charge is -2.33. The van der Waals surface area contributed by atoms with Gasteiger partial charge in [-0.2, -0.15) is 9.49 Å². The number of hydrogen-bond donors (Lipinski definition) is 4. The highest BCUT2D eigenvalue weighted by Gasteiger charge is 2.26. The monoisotopic (exact) mass is 581 g/mol. The molecule has 0 aliphatic carbocycles. The van der Waals surface area contributed by atoms with Crippen LogP contribution in [0.5, 0.6) is 11.5 Å². The number of hydrazine groups is 1. The van der Waals surface area contributed by atoms with Crippen molar-refractivity contribution in [1.29, 1.82) is 0 Å². The van der Waals surface area contributed by atoms with Crippen LogP contribution < -0.4 is 32.0 Å². The summed E-state index contributed by atoms with van der Waals surface area (Å²) in [4.78, 5) is 41.0. The predicted octanol–water partition coefficient (Wildman–Crippen LogP) is 0.917. The number of nitrogens with zero attached hydrogens (tertiary/aromatic N) is 3. The van der Waals surface area contributed by atoms with Gasteiger partial charge in [-0.25, -0.2) is 5.84 Å². The summed E-state index contributed by atoms with van der Waals surface area (Å²) < 4.78 is 31.8. The summed E-state index contributed by atoms with van der Waals surface area (Å²) >= 11 is 0. The predicted molar refractivity (Wildman–Crippen MR) is 152 cm³/mol. The van der Waals surface area contributed by atoms with Gasteiger partial charge < -0.3 is 30.3 Å². The SMILES string of the molecule is CNC(=O)c1cc(-c2ccc(=O)[nH]c2F)ccc1OCC1CN(C(=O)c2cccc(OC/C(=N/N)N(C)N)c2)CCO1. The highest BCUT2D eigenvalue weighted by molar-refractivity contribution is 5.98. The van der Waals surface area contributed by atoms with Crippen molar-refractivity contribution in [1.82, 2.24) is 20.2 Å². The first-order chi connectivity index (χ1) is 20.2. The van der Waals surface area contributed by atoms with Crippen molar-refractivity contribution >= 4 is 17.6 Å². The normalized spacial score (nSPS) is 15.2. The third-order valence-corrected chi connectivity index (χ3v) is 6.49. The van der Waals surface area contributed by atoms with Crippen molar-refractivity contribution < 1.29 is 28.2 Å². The molecular formula is C28H32FN7O6. The van der Waals surface area contributed by atoms with Crippen LogP contribution in [-0.2, 0) is 4.74 Å². The number of likely N-dealkylation sites (N-methyl/N-ethyl adjacent to an activating group) is 1. The van der Waals surface area contributed by atoms with Crippen LogP contribution in [0.25, 0.3) is 11.1 Å². The van der Waals surface area contributed by atoms with Crippen LogP contribution >= 0.6 is 0 Å². The van der Waals surface area contributed by atoms with Crippen molar-refractivity contribution in [2.45, 2.75) is 6.10 Å². The molecule has 14 heteroatoms. The molecule has 0 saturated carbocycles. The number of benzene rings is 2. The third kappa shape index (κ3) is 7.21. The van der Waals surface area contributed by atoms with E-state index in [-0.39, 0.29) is 42.5 Å². The molecule has 3 aromatic rings. The number of amidine groups is 1. The first-order valence-corrected chi connectivity index (χ1v) is 13.0. The largest absolute Gasteiger partial charge is 0.490 e. The van der Waals surface area contributed by atoms with Crippen LogP contribution in [0.4, 0.5) is 4.39 Å². The van der Waals surface area contributed by atoms with Gasteiger partial charge in [0, 0.05) is 37.8 Å². The van der Waals surface area contributed by atoms with Crippen LogP contribution in [0.1, 0.15) is 20.7 Å². The van der Waals surface area contributed by atoms with E-state index in [4.69, 9.17) is 25.9 Å². The van der Waals surface area contributed by atoms with E-state index in [2.05, 4.69) is 15.4 Å². The van der Waals surface area contributed by atoms with Gasteiger partial charge in [-0.3, -0.25) is 24.4 Å². The van der Waals surface area contributed by atoms with E-state index in [0.717, 1.165) is 0 Å². The van der Waals surface area contributed by atoms with E-state index in [1.165, 1.54) is 30.3 Å². The number of hydrogen-bond acceptors (Lipinski definition) is 9. The number of nitrogens with one attached hydrogen (secondary N) is 2. The van der Waals surface area contributed by atoms with Crippen LogP contribution in [0, 0.1) is 5.95 Å². The molecule has 0 radical (unpaired) electrons. The van der Waals surface area contributed by atoms with E-state index in [0.29, 0.717) is 35.9 Å². The second-order valence-corrected chi connectivity index (χ2v) is 9.37. The van der Waals surface area contributed by atoms with Crippen molar-refractivity contribution in [3.05, 3.63) is 82.0 Å². The number of rotatable bonds is 9. The van der Waals surface area contributed by atoms with Crippen molar-refractivity contribution in [3.63, 3.8) is 0 Å². The highest BCUT2D eigenvalue weighted by Crippen LogP contribution is 2.28. The molecule has 42 heavy (non-hydrogen) atoms. The second kappa shape index (κ2) is 13.6. The van der Waals surface area contributed by atoms with E-state index >= 15 is 0 Å². The summed E-state index contributed by atoms with van der Waals surface area (Å²) in [5, 5.41) is 7.35. The summed E-state index contributed by atoms with van der Waals surface area (Å²) in [5.41, 5.74) is 0.534. The number of carbonyl (C=O) groups is 2. The number of amides is 2. The summed E-state index contributed by atoms with van der Waals surface area (Å²) in [5.74, 6) is 10.5. The molecule has 1 aliphatic heterocycles. The lowest BCUT2D eigenvalue weighted by molar-refractivity contribution is -0.0402. The van der Waals surface area contributed by atoms with Crippen LogP contribution in [-0.4, -0.2) is 85.7 Å². The summed E-state index contributed by atoms with van der Waals surface area (Å²) in [6.07, 6.45) is -0.473. The Balaban J connectivity index is 1.42. The molecule has 1 atom stereocenters. The molecule has 2 heterocycles. The minimum absolute atomic E-state index is 0.0247. The molecule has 0 spiro atoms. The van der Waals surface area contributed by atoms with Gasteiger partial charge in [-0.05, 0) is 42.0 Å². The Morgan fingerprint density at radius 3 is 2.74 bits per heavy atom. The van der Waals surface area contributed by atoms with Crippen LogP contribution in [0.2, 0.25) is 0 Å². The summed E-state index contributed by atoms with van der Waals surface area (Å²) in [7, 11) is 3.05. The molecular weight excluding hydrogens is 549 g/mol. The topological polar surface area (TPSA) is 178 Å². The molecule has 1 unspecified atom stereocenters.